The van der Waals surface area contributed by atoms with Crippen LogP contribution in [0.3, 0.4) is 0 Å². The molecule has 2 amide bonds. The molecule has 1 aromatic carbocycles. The first-order valence-electron chi connectivity index (χ1n) is 7.30. The summed E-state index contributed by atoms with van der Waals surface area (Å²) in [6.07, 6.45) is 2.47. The van der Waals surface area contributed by atoms with E-state index in [0.717, 1.165) is 23.4 Å². The molecule has 0 aliphatic rings. The van der Waals surface area contributed by atoms with Crippen molar-refractivity contribution in [3.63, 3.8) is 0 Å². The molecule has 0 radical (unpaired) electrons. The topological polar surface area (TPSA) is 92.1 Å². The number of urea groups is 1. The van der Waals surface area contributed by atoms with Gasteiger partial charge in [0.15, 0.2) is 0 Å². The Bertz CT molecular complexity index is 611. The normalized spacial score (nSPS) is 10.5. The van der Waals surface area contributed by atoms with Crippen LogP contribution in [0.5, 0.6) is 0 Å². The Morgan fingerprint density at radius 2 is 2.05 bits per heavy atom. The molecule has 0 unspecified atom stereocenters. The summed E-state index contributed by atoms with van der Waals surface area (Å²) < 4.78 is 1.92. The number of nitrogens with zero attached hydrogens (tertiary/aromatic N) is 3. The van der Waals surface area contributed by atoms with E-state index in [1.54, 1.807) is 6.33 Å². The van der Waals surface area contributed by atoms with Crippen LogP contribution in [0.4, 0.5) is 4.79 Å². The van der Waals surface area contributed by atoms with Crippen LogP contribution < -0.4 is 10.6 Å². The van der Waals surface area contributed by atoms with E-state index in [4.69, 9.17) is 0 Å². The van der Waals surface area contributed by atoms with Crippen molar-refractivity contribution in [2.45, 2.75) is 33.0 Å². The molecule has 0 aliphatic heterocycles. The summed E-state index contributed by atoms with van der Waals surface area (Å²) in [4.78, 5) is 11.8. The summed E-state index contributed by atoms with van der Waals surface area (Å²) in [6.45, 7) is 3.50. The molecule has 0 fully saturated rings. The summed E-state index contributed by atoms with van der Waals surface area (Å²) in [5, 5.41) is 22.6. The molecule has 7 nitrogen and oxygen atoms in total. The van der Waals surface area contributed by atoms with Gasteiger partial charge in [0.2, 0.25) is 0 Å². The monoisotopic (exact) mass is 303 g/mol. The van der Waals surface area contributed by atoms with Gasteiger partial charge < -0.3 is 20.3 Å². The quantitative estimate of drug-likeness (QED) is 0.706. The van der Waals surface area contributed by atoms with Gasteiger partial charge in [0.25, 0.3) is 0 Å². The molecule has 1 heterocycles. The lowest BCUT2D eigenvalue weighted by Crippen LogP contribution is -2.37. The number of aryl methyl sites for hydroxylation is 1. The Morgan fingerprint density at radius 3 is 2.77 bits per heavy atom. The van der Waals surface area contributed by atoms with Gasteiger partial charge in [0.1, 0.15) is 12.2 Å². The van der Waals surface area contributed by atoms with Crippen molar-refractivity contribution in [2.24, 2.45) is 0 Å². The number of hydrogen-bond acceptors (Lipinski definition) is 4. The van der Waals surface area contributed by atoms with Crippen LogP contribution in [-0.2, 0) is 26.1 Å². The molecule has 0 atom stereocenters. The van der Waals surface area contributed by atoms with Crippen LogP contribution in [0.15, 0.2) is 30.6 Å². The average Bonchev–Trinajstić information content (AvgIpc) is 3.00. The lowest BCUT2D eigenvalue weighted by molar-refractivity contribution is 0.239. The summed E-state index contributed by atoms with van der Waals surface area (Å²) in [5.41, 5.74) is 1.73. The number of carbonyl (C=O) groups is 1. The van der Waals surface area contributed by atoms with Crippen molar-refractivity contribution in [1.82, 2.24) is 25.4 Å². The average molecular weight is 303 g/mol. The molecule has 0 spiro atoms. The fourth-order valence-corrected chi connectivity index (χ4v) is 2.15. The molecular weight excluding hydrogens is 282 g/mol. The van der Waals surface area contributed by atoms with E-state index < -0.39 is 0 Å². The van der Waals surface area contributed by atoms with E-state index in [-0.39, 0.29) is 12.6 Å². The van der Waals surface area contributed by atoms with Crippen molar-refractivity contribution in [1.29, 1.82) is 0 Å². The van der Waals surface area contributed by atoms with Gasteiger partial charge in [-0.15, -0.1) is 10.2 Å². The molecule has 0 bridgehead atoms. The number of hydrogen-bond donors (Lipinski definition) is 3. The van der Waals surface area contributed by atoms with Gasteiger partial charge in [0.05, 0.1) is 6.61 Å². The van der Waals surface area contributed by atoms with Crippen molar-refractivity contribution >= 4 is 6.03 Å². The molecule has 2 aromatic rings. The number of benzene rings is 1. The van der Waals surface area contributed by atoms with Crippen molar-refractivity contribution in [3.8, 4) is 0 Å². The number of amides is 2. The fourth-order valence-electron chi connectivity index (χ4n) is 2.15. The minimum absolute atomic E-state index is 0.0348. The third-order valence-electron chi connectivity index (χ3n) is 3.38. The van der Waals surface area contributed by atoms with E-state index >= 15 is 0 Å². The van der Waals surface area contributed by atoms with Crippen LogP contribution in [-0.4, -0.2) is 32.4 Å². The summed E-state index contributed by atoms with van der Waals surface area (Å²) in [6, 6.07) is 7.23. The first-order valence-corrected chi connectivity index (χ1v) is 7.30. The zero-order valence-corrected chi connectivity index (χ0v) is 12.6. The Hall–Kier alpha value is -2.41. The number of nitrogens with one attached hydrogen (secondary N) is 2. The highest BCUT2D eigenvalue weighted by atomic mass is 16.3. The number of aliphatic hydroxyl groups excluding tert-OH is 1. The van der Waals surface area contributed by atoms with Crippen LogP contribution in [0.2, 0.25) is 0 Å². The Labute approximate surface area is 129 Å². The molecule has 7 heteroatoms. The first-order chi connectivity index (χ1) is 10.7. The summed E-state index contributed by atoms with van der Waals surface area (Å²) in [5.74, 6) is 0.902. The molecule has 0 saturated carbocycles. The van der Waals surface area contributed by atoms with Gasteiger partial charge in [-0.25, -0.2) is 4.79 Å². The molecule has 0 aliphatic carbocycles. The van der Waals surface area contributed by atoms with E-state index in [9.17, 15) is 9.90 Å². The Morgan fingerprint density at radius 1 is 1.27 bits per heavy atom. The third-order valence-corrected chi connectivity index (χ3v) is 3.38. The van der Waals surface area contributed by atoms with Gasteiger partial charge in [0, 0.05) is 26.1 Å². The molecule has 2 rings (SSSR count). The maximum atomic E-state index is 11.8. The summed E-state index contributed by atoms with van der Waals surface area (Å²) >= 11 is 0. The second-order valence-corrected chi connectivity index (χ2v) is 4.83. The van der Waals surface area contributed by atoms with Gasteiger partial charge in [-0.05, 0) is 11.1 Å². The first kappa shape index (κ1) is 16.0. The van der Waals surface area contributed by atoms with Crippen molar-refractivity contribution in [3.05, 3.63) is 47.5 Å². The number of aliphatic hydroxyl groups is 1. The van der Waals surface area contributed by atoms with E-state index in [1.807, 2.05) is 35.8 Å². The molecule has 3 N–H and O–H groups in total. The van der Waals surface area contributed by atoms with Crippen LogP contribution in [0.1, 0.15) is 23.9 Å². The van der Waals surface area contributed by atoms with Gasteiger partial charge >= 0.3 is 6.03 Å². The van der Waals surface area contributed by atoms with Gasteiger partial charge in [-0.3, -0.25) is 0 Å². The highest BCUT2D eigenvalue weighted by molar-refractivity contribution is 5.73. The van der Waals surface area contributed by atoms with Gasteiger partial charge in [-0.1, -0.05) is 31.2 Å². The van der Waals surface area contributed by atoms with Gasteiger partial charge in [-0.2, -0.15) is 0 Å². The standard InChI is InChI=1S/C15H21N5O2/c1-2-14-19-18-11-20(14)8-7-16-15(22)17-9-12-5-3-4-6-13(12)10-21/h3-6,11,21H,2,7-10H2,1H3,(H2,16,17,22). The van der Waals surface area contributed by atoms with Crippen LogP contribution in [0.25, 0.3) is 0 Å². The van der Waals surface area contributed by atoms with Crippen molar-refractivity contribution < 1.29 is 9.90 Å². The number of carbonyl (C=O) groups excluding carboxylic acids is 1. The minimum Gasteiger partial charge on any atom is -0.392 e. The fraction of sp³-hybridized carbons (Fsp3) is 0.400. The molecule has 0 saturated heterocycles. The lowest BCUT2D eigenvalue weighted by Gasteiger charge is -2.11. The largest absolute Gasteiger partial charge is 0.392 e. The Balaban J connectivity index is 1.74. The second kappa shape index (κ2) is 8.14. The van der Waals surface area contributed by atoms with E-state index in [0.29, 0.717) is 19.6 Å². The van der Waals surface area contributed by atoms with Crippen molar-refractivity contribution in [2.75, 3.05) is 6.54 Å². The maximum absolute atomic E-state index is 11.8. The predicted octanol–water partition coefficient (Wildman–Crippen LogP) is 0.832. The Kier molecular flexibility index (Phi) is 5.91. The molecule has 1 aromatic heterocycles. The third kappa shape index (κ3) is 4.29. The highest BCUT2D eigenvalue weighted by Crippen LogP contribution is 2.07. The maximum Gasteiger partial charge on any atom is 0.315 e. The van der Waals surface area contributed by atoms with Crippen LogP contribution in [0, 0.1) is 0 Å². The predicted molar refractivity (Wildman–Crippen MR) is 82.0 cm³/mol. The van der Waals surface area contributed by atoms with Crippen LogP contribution >= 0.6 is 0 Å². The zero-order chi connectivity index (χ0) is 15.8. The highest BCUT2D eigenvalue weighted by Gasteiger charge is 2.05. The second-order valence-electron chi connectivity index (χ2n) is 4.83. The molecule has 22 heavy (non-hydrogen) atoms. The van der Waals surface area contributed by atoms with E-state index in [2.05, 4.69) is 20.8 Å². The molecular formula is C15H21N5O2. The number of rotatable bonds is 7. The molecule has 118 valence electrons. The zero-order valence-electron chi connectivity index (χ0n) is 12.6. The van der Waals surface area contributed by atoms with E-state index in [1.165, 1.54) is 0 Å². The minimum atomic E-state index is -0.237. The SMILES string of the molecule is CCc1nncn1CCNC(=O)NCc1ccccc1CO. The lowest BCUT2D eigenvalue weighted by atomic mass is 10.1. The summed E-state index contributed by atoms with van der Waals surface area (Å²) in [7, 11) is 0. The smallest absolute Gasteiger partial charge is 0.315 e. The number of aromatic nitrogens is 3.